The largest absolute Gasteiger partial charge is 0.489 e. The fourth-order valence-electron chi connectivity index (χ4n) is 4.64. The second kappa shape index (κ2) is 11.9. The number of hydroxylamine groups is 1. The van der Waals surface area contributed by atoms with Gasteiger partial charge in [0.2, 0.25) is 0 Å². The highest BCUT2D eigenvalue weighted by atomic mass is 19.1. The minimum atomic E-state index is -0.597. The molecule has 4 aromatic rings. The molecule has 0 aromatic heterocycles. The monoisotopic (exact) mass is 515 g/mol. The maximum Gasteiger partial charge on any atom is 0.293 e. The van der Waals surface area contributed by atoms with Gasteiger partial charge in [0, 0.05) is 12.8 Å². The van der Waals surface area contributed by atoms with Crippen LogP contribution in [0, 0.1) is 11.6 Å². The molecule has 1 saturated heterocycles. The molecule has 3 unspecified atom stereocenters. The molecule has 7 heteroatoms. The predicted molar refractivity (Wildman–Crippen MR) is 139 cm³/mol. The van der Waals surface area contributed by atoms with Gasteiger partial charge in [-0.3, -0.25) is 9.63 Å². The van der Waals surface area contributed by atoms with Gasteiger partial charge in [0.1, 0.15) is 30.1 Å². The molecule has 5 nitrogen and oxygen atoms in total. The van der Waals surface area contributed by atoms with E-state index in [0.29, 0.717) is 37.2 Å². The number of carbonyl (C=O) groups is 1. The number of rotatable bonds is 10. The van der Waals surface area contributed by atoms with Gasteiger partial charge < -0.3 is 9.47 Å². The van der Waals surface area contributed by atoms with Crippen molar-refractivity contribution in [2.24, 2.45) is 0 Å². The van der Waals surface area contributed by atoms with Crippen LogP contribution < -0.4 is 9.80 Å². The van der Waals surface area contributed by atoms with Gasteiger partial charge in [-0.15, -0.1) is 0 Å². The number of benzene rings is 4. The lowest BCUT2D eigenvalue weighted by Crippen LogP contribution is -2.22. The molecule has 3 atom stereocenters. The van der Waals surface area contributed by atoms with Crippen molar-refractivity contribution in [1.82, 2.24) is 0 Å². The third-order valence-corrected chi connectivity index (χ3v) is 6.56. The number of nitrogens with zero attached hydrogens (tertiary/aromatic N) is 1. The number of ether oxygens (including phenoxy) is 2. The minimum Gasteiger partial charge on any atom is -0.489 e. The summed E-state index contributed by atoms with van der Waals surface area (Å²) in [6, 6.07) is 29.6. The molecular weight excluding hydrogens is 488 g/mol. The van der Waals surface area contributed by atoms with E-state index in [1.165, 1.54) is 24.3 Å². The molecule has 1 aliphatic heterocycles. The summed E-state index contributed by atoms with van der Waals surface area (Å²) in [5, 5.41) is 1.77. The van der Waals surface area contributed by atoms with Gasteiger partial charge in [-0.1, -0.05) is 54.6 Å². The number of carbonyl (C=O) groups excluding carboxylic acids is 1. The zero-order chi connectivity index (χ0) is 26.3. The first-order valence-corrected chi connectivity index (χ1v) is 12.4. The highest BCUT2D eigenvalue weighted by Crippen LogP contribution is 2.41. The van der Waals surface area contributed by atoms with Crippen LogP contribution in [0.5, 0.6) is 5.75 Å². The molecule has 4 aromatic carbocycles. The summed E-state index contributed by atoms with van der Waals surface area (Å²) in [5.74, 6) is 0.0448. The number of halogens is 2. The lowest BCUT2D eigenvalue weighted by atomic mass is 9.96. The van der Waals surface area contributed by atoms with Gasteiger partial charge in [0.05, 0.1) is 17.8 Å². The van der Waals surface area contributed by atoms with Crippen LogP contribution >= 0.6 is 0 Å². The molecule has 1 fully saturated rings. The van der Waals surface area contributed by atoms with Crippen LogP contribution in [0.2, 0.25) is 0 Å². The Balaban J connectivity index is 1.34. The Bertz CT molecular complexity index is 1320. The van der Waals surface area contributed by atoms with Crippen molar-refractivity contribution in [1.29, 1.82) is 0 Å². The Kier molecular flexibility index (Phi) is 7.95. The van der Waals surface area contributed by atoms with Crippen molar-refractivity contribution < 1.29 is 27.9 Å². The zero-order valence-electron chi connectivity index (χ0n) is 20.6. The van der Waals surface area contributed by atoms with Crippen LogP contribution in [0.1, 0.15) is 41.7 Å². The highest BCUT2D eigenvalue weighted by Gasteiger charge is 2.37. The van der Waals surface area contributed by atoms with Crippen LogP contribution in [-0.2, 0) is 21.0 Å². The van der Waals surface area contributed by atoms with Crippen LogP contribution in [0.15, 0.2) is 103 Å². The Morgan fingerprint density at radius 3 is 2.18 bits per heavy atom. The lowest BCUT2D eigenvalue weighted by Gasteiger charge is -2.25. The van der Waals surface area contributed by atoms with E-state index in [-0.39, 0.29) is 23.8 Å². The first-order valence-electron chi connectivity index (χ1n) is 12.4. The van der Waals surface area contributed by atoms with E-state index < -0.39 is 6.10 Å². The summed E-state index contributed by atoms with van der Waals surface area (Å²) in [7, 11) is 0. The van der Waals surface area contributed by atoms with E-state index >= 15 is 0 Å². The molecule has 194 valence electrons. The Hall–Kier alpha value is -4.23. The highest BCUT2D eigenvalue weighted by molar-refractivity contribution is 5.48. The fraction of sp³-hybridized carbons (Fsp3) is 0.194. The van der Waals surface area contributed by atoms with E-state index in [1.54, 1.807) is 29.3 Å². The summed E-state index contributed by atoms with van der Waals surface area (Å²) in [5.41, 5.74) is 3.47. The summed E-state index contributed by atoms with van der Waals surface area (Å²) < 4.78 is 38.3. The van der Waals surface area contributed by atoms with E-state index in [9.17, 15) is 13.6 Å². The molecule has 5 rings (SSSR count). The Morgan fingerprint density at radius 1 is 0.868 bits per heavy atom. The molecule has 0 N–H and O–H groups in total. The van der Waals surface area contributed by atoms with Crippen molar-refractivity contribution in [2.75, 3.05) is 5.06 Å². The van der Waals surface area contributed by atoms with E-state index in [0.717, 1.165) is 16.9 Å². The average Bonchev–Trinajstić information content (AvgIpc) is 3.37. The quantitative estimate of drug-likeness (QED) is 0.211. The molecule has 0 radical (unpaired) electrons. The first-order chi connectivity index (χ1) is 18.6. The van der Waals surface area contributed by atoms with Crippen LogP contribution in [0.3, 0.4) is 0 Å². The smallest absolute Gasteiger partial charge is 0.293 e. The normalized spacial score (nSPS) is 17.7. The molecule has 0 bridgehead atoms. The van der Waals surface area contributed by atoms with Crippen LogP contribution in [-0.4, -0.2) is 12.6 Å². The zero-order valence-corrected chi connectivity index (χ0v) is 20.6. The number of hydrogen-bond donors (Lipinski definition) is 0. The number of hydrogen-bond acceptors (Lipinski definition) is 5. The molecule has 1 aliphatic rings. The van der Waals surface area contributed by atoms with Crippen LogP contribution in [0.25, 0.3) is 0 Å². The third-order valence-electron chi connectivity index (χ3n) is 6.56. The van der Waals surface area contributed by atoms with E-state index in [1.807, 2.05) is 54.6 Å². The molecular formula is C31H27F2NO4. The van der Waals surface area contributed by atoms with Crippen LogP contribution in [0.4, 0.5) is 14.5 Å². The molecule has 0 saturated carbocycles. The average molecular weight is 516 g/mol. The summed E-state index contributed by atoms with van der Waals surface area (Å²) in [6.45, 7) is 0.865. The van der Waals surface area contributed by atoms with Crippen molar-refractivity contribution in [2.45, 2.75) is 37.7 Å². The second-order valence-electron chi connectivity index (χ2n) is 9.13. The molecule has 0 aliphatic carbocycles. The fourth-order valence-corrected chi connectivity index (χ4v) is 4.64. The maximum atomic E-state index is 13.6. The first kappa shape index (κ1) is 25.4. The standard InChI is InChI=1S/C31H27F2NO4/c32-25-10-6-24(7-11-25)31(37-21-35)19-29-18-30(34(38-29)27-14-12-26(33)13-15-27)23-8-16-28(17-9-23)36-20-22-4-2-1-3-5-22/h1-17,21,29-31H,18-20H2. The van der Waals surface area contributed by atoms with Crippen molar-refractivity contribution in [3.05, 3.63) is 131 Å². The third kappa shape index (κ3) is 6.18. The SMILES string of the molecule is O=COC(CC1CC(c2ccc(OCc3ccccc3)cc2)N(c2ccc(F)cc2)O1)c1ccc(F)cc1. The Morgan fingerprint density at radius 2 is 1.53 bits per heavy atom. The van der Waals surface area contributed by atoms with Gasteiger partial charge in [0.25, 0.3) is 6.47 Å². The van der Waals surface area contributed by atoms with Gasteiger partial charge >= 0.3 is 0 Å². The maximum absolute atomic E-state index is 13.6. The predicted octanol–water partition coefficient (Wildman–Crippen LogP) is 7.10. The molecule has 0 amide bonds. The summed E-state index contributed by atoms with van der Waals surface area (Å²) >= 11 is 0. The minimum absolute atomic E-state index is 0.168. The molecule has 38 heavy (non-hydrogen) atoms. The molecule has 1 heterocycles. The van der Waals surface area contributed by atoms with Gasteiger partial charge in [-0.2, -0.15) is 0 Å². The van der Waals surface area contributed by atoms with Crippen molar-refractivity contribution >= 4 is 12.2 Å². The van der Waals surface area contributed by atoms with Crippen molar-refractivity contribution in [3.8, 4) is 5.75 Å². The van der Waals surface area contributed by atoms with E-state index in [2.05, 4.69) is 0 Å². The van der Waals surface area contributed by atoms with Gasteiger partial charge in [0.15, 0.2) is 0 Å². The number of anilines is 1. The molecule has 0 spiro atoms. The lowest BCUT2D eigenvalue weighted by molar-refractivity contribution is -0.135. The Labute approximate surface area is 220 Å². The summed E-state index contributed by atoms with van der Waals surface area (Å²) in [4.78, 5) is 17.5. The van der Waals surface area contributed by atoms with Gasteiger partial charge in [-0.05, 0) is 65.2 Å². The summed E-state index contributed by atoms with van der Waals surface area (Å²) in [6.07, 6.45) is 0.0629. The van der Waals surface area contributed by atoms with E-state index in [4.69, 9.17) is 14.3 Å². The topological polar surface area (TPSA) is 48.0 Å². The van der Waals surface area contributed by atoms with Crippen molar-refractivity contribution in [3.63, 3.8) is 0 Å². The second-order valence-corrected chi connectivity index (χ2v) is 9.13. The van der Waals surface area contributed by atoms with Gasteiger partial charge in [-0.25, -0.2) is 13.8 Å².